The van der Waals surface area contributed by atoms with Gasteiger partial charge in [-0.3, -0.25) is 9.59 Å². The third kappa shape index (κ3) is 4.54. The Balaban J connectivity index is 2.24. The number of aryl methyl sites for hydroxylation is 1. The molecule has 5 nitrogen and oxygen atoms in total. The van der Waals surface area contributed by atoms with Gasteiger partial charge in [0.05, 0.1) is 11.4 Å². The molecule has 0 aliphatic rings. The van der Waals surface area contributed by atoms with Crippen molar-refractivity contribution in [2.24, 2.45) is 0 Å². The maximum absolute atomic E-state index is 12.3. The van der Waals surface area contributed by atoms with Crippen LogP contribution in [0, 0.1) is 6.92 Å². The van der Waals surface area contributed by atoms with Crippen LogP contribution < -0.4 is 10.9 Å². The number of nitrogens with one attached hydrogen (secondary N) is 1. The van der Waals surface area contributed by atoms with Crippen LogP contribution in [0.1, 0.15) is 32.0 Å². The van der Waals surface area contributed by atoms with Crippen molar-refractivity contribution in [1.82, 2.24) is 9.78 Å². The van der Waals surface area contributed by atoms with E-state index in [4.69, 9.17) is 0 Å². The molecule has 0 saturated carbocycles. The molecule has 0 radical (unpaired) electrons. The van der Waals surface area contributed by atoms with Crippen LogP contribution in [0.5, 0.6) is 0 Å². The highest BCUT2D eigenvalue weighted by molar-refractivity contribution is 9.11. The number of nitrogens with zero attached hydrogens (tertiary/aromatic N) is 2. The Morgan fingerprint density at radius 3 is 2.33 bits per heavy atom. The van der Waals surface area contributed by atoms with E-state index in [1.54, 1.807) is 6.07 Å². The molecule has 2 aromatic rings. The summed E-state index contributed by atoms with van der Waals surface area (Å²) >= 11 is 6.87. The van der Waals surface area contributed by atoms with Crippen LogP contribution in [0.25, 0.3) is 0 Å². The van der Waals surface area contributed by atoms with E-state index in [1.807, 2.05) is 39.8 Å². The number of carbonyl (C=O) groups is 1. The van der Waals surface area contributed by atoms with Crippen LogP contribution in [-0.2, 0) is 16.8 Å². The van der Waals surface area contributed by atoms with Gasteiger partial charge in [-0.05, 0) is 62.5 Å². The summed E-state index contributed by atoms with van der Waals surface area (Å²) in [5, 5.41) is 7.11. The molecule has 1 N–H and O–H groups in total. The largest absolute Gasteiger partial charge is 0.323 e. The zero-order valence-electron chi connectivity index (χ0n) is 14.0. The number of hydrogen-bond acceptors (Lipinski definition) is 3. The van der Waals surface area contributed by atoms with Gasteiger partial charge in [-0.2, -0.15) is 5.10 Å². The summed E-state index contributed by atoms with van der Waals surface area (Å²) in [4.78, 5) is 24.3. The van der Waals surface area contributed by atoms with Crippen molar-refractivity contribution in [2.45, 2.75) is 39.7 Å². The second-order valence-electron chi connectivity index (χ2n) is 6.62. The minimum atomic E-state index is -0.319. The SMILES string of the molecule is Cc1cc(Br)c(NC(=O)Cn2nc(C(C)(C)C)ccc2=O)c(Br)c1. The van der Waals surface area contributed by atoms with Crippen LogP contribution in [0.2, 0.25) is 0 Å². The maximum atomic E-state index is 12.3. The third-order valence-electron chi connectivity index (χ3n) is 3.38. The second kappa shape index (κ2) is 7.19. The summed E-state index contributed by atoms with van der Waals surface area (Å²) in [6.45, 7) is 7.83. The van der Waals surface area contributed by atoms with Gasteiger partial charge in [0, 0.05) is 20.4 Å². The smallest absolute Gasteiger partial charge is 0.267 e. The monoisotopic (exact) mass is 455 g/mol. The van der Waals surface area contributed by atoms with Gasteiger partial charge in [0.25, 0.3) is 5.56 Å². The van der Waals surface area contributed by atoms with Crippen LogP contribution in [-0.4, -0.2) is 15.7 Å². The van der Waals surface area contributed by atoms with E-state index in [9.17, 15) is 9.59 Å². The normalized spacial score (nSPS) is 11.4. The molecule has 1 heterocycles. The fourth-order valence-electron chi connectivity index (χ4n) is 2.10. The number of benzene rings is 1. The highest BCUT2D eigenvalue weighted by Gasteiger charge is 2.18. The molecular weight excluding hydrogens is 438 g/mol. The van der Waals surface area contributed by atoms with Crippen molar-refractivity contribution >= 4 is 43.5 Å². The molecule has 0 saturated heterocycles. The molecule has 0 atom stereocenters. The van der Waals surface area contributed by atoms with Gasteiger partial charge >= 0.3 is 0 Å². The van der Waals surface area contributed by atoms with Crippen molar-refractivity contribution in [3.63, 3.8) is 0 Å². The van der Waals surface area contributed by atoms with Gasteiger partial charge < -0.3 is 5.32 Å². The lowest BCUT2D eigenvalue weighted by atomic mass is 9.92. The molecule has 0 aliphatic carbocycles. The van der Waals surface area contributed by atoms with Crippen molar-refractivity contribution in [2.75, 3.05) is 5.32 Å². The second-order valence-corrected chi connectivity index (χ2v) is 8.32. The topological polar surface area (TPSA) is 64.0 Å². The Hall–Kier alpha value is -1.47. The fourth-order valence-corrected chi connectivity index (χ4v) is 3.71. The number of hydrogen-bond donors (Lipinski definition) is 1. The molecule has 0 unspecified atom stereocenters. The number of halogens is 2. The molecule has 0 bridgehead atoms. The molecule has 0 spiro atoms. The molecule has 24 heavy (non-hydrogen) atoms. The van der Waals surface area contributed by atoms with E-state index in [0.29, 0.717) is 5.69 Å². The van der Waals surface area contributed by atoms with E-state index in [1.165, 1.54) is 10.7 Å². The molecule has 2 rings (SSSR count). The first kappa shape index (κ1) is 18.9. The summed E-state index contributed by atoms with van der Waals surface area (Å²) < 4.78 is 2.73. The van der Waals surface area contributed by atoms with Crippen LogP contribution in [0.15, 0.2) is 38.0 Å². The molecule has 128 valence electrons. The van der Waals surface area contributed by atoms with Gasteiger partial charge in [-0.1, -0.05) is 20.8 Å². The average molecular weight is 457 g/mol. The zero-order chi connectivity index (χ0) is 18.1. The number of rotatable bonds is 3. The lowest BCUT2D eigenvalue weighted by Crippen LogP contribution is -2.31. The van der Waals surface area contributed by atoms with Gasteiger partial charge in [-0.25, -0.2) is 4.68 Å². The van der Waals surface area contributed by atoms with Crippen molar-refractivity contribution < 1.29 is 4.79 Å². The number of amides is 1. The zero-order valence-corrected chi connectivity index (χ0v) is 17.2. The average Bonchev–Trinajstić information content (AvgIpc) is 2.44. The molecular formula is C17H19Br2N3O2. The Kier molecular flexibility index (Phi) is 5.65. The first-order chi connectivity index (χ1) is 11.1. The highest BCUT2D eigenvalue weighted by atomic mass is 79.9. The Morgan fingerprint density at radius 2 is 1.79 bits per heavy atom. The third-order valence-corrected chi connectivity index (χ3v) is 4.63. The first-order valence-corrected chi connectivity index (χ1v) is 9.00. The van der Waals surface area contributed by atoms with Gasteiger partial charge in [0.15, 0.2) is 0 Å². The summed E-state index contributed by atoms with van der Waals surface area (Å²) in [7, 11) is 0. The van der Waals surface area contributed by atoms with E-state index in [0.717, 1.165) is 20.2 Å². The quantitative estimate of drug-likeness (QED) is 0.758. The minimum absolute atomic E-state index is 0.143. The molecule has 1 aromatic heterocycles. The standard InChI is InChI=1S/C17H19Br2N3O2/c1-10-7-11(18)16(12(19)8-10)20-14(23)9-22-15(24)6-5-13(21-22)17(2,3)4/h5-8H,9H2,1-4H3,(H,20,23). The Bertz CT molecular complexity index is 815. The predicted octanol–water partition coefficient (Wildman–Crippen LogP) is 4.01. The maximum Gasteiger partial charge on any atom is 0.267 e. The van der Waals surface area contributed by atoms with Crippen molar-refractivity contribution in [3.05, 3.63) is 54.8 Å². The first-order valence-electron chi connectivity index (χ1n) is 7.42. The fraction of sp³-hybridized carbons (Fsp3) is 0.353. The summed E-state index contributed by atoms with van der Waals surface area (Å²) in [5.41, 5.74) is 1.94. The summed E-state index contributed by atoms with van der Waals surface area (Å²) in [6, 6.07) is 6.96. The lowest BCUT2D eigenvalue weighted by molar-refractivity contribution is -0.117. The number of anilines is 1. The van der Waals surface area contributed by atoms with Crippen LogP contribution >= 0.6 is 31.9 Å². The van der Waals surface area contributed by atoms with Gasteiger partial charge in [-0.15, -0.1) is 0 Å². The van der Waals surface area contributed by atoms with Gasteiger partial charge in [0.2, 0.25) is 5.91 Å². The molecule has 1 amide bonds. The van der Waals surface area contributed by atoms with Crippen molar-refractivity contribution in [1.29, 1.82) is 0 Å². The Morgan fingerprint density at radius 1 is 1.21 bits per heavy atom. The van der Waals surface area contributed by atoms with E-state index < -0.39 is 0 Å². The van der Waals surface area contributed by atoms with Crippen LogP contribution in [0.3, 0.4) is 0 Å². The minimum Gasteiger partial charge on any atom is -0.323 e. The molecule has 7 heteroatoms. The number of aromatic nitrogens is 2. The van der Waals surface area contributed by atoms with E-state index in [-0.39, 0.29) is 23.4 Å². The number of carbonyl (C=O) groups excluding carboxylic acids is 1. The predicted molar refractivity (Wildman–Crippen MR) is 102 cm³/mol. The van der Waals surface area contributed by atoms with Crippen molar-refractivity contribution in [3.8, 4) is 0 Å². The molecule has 0 aliphatic heterocycles. The summed E-state index contributed by atoms with van der Waals surface area (Å²) in [5.74, 6) is -0.319. The van der Waals surface area contributed by atoms with Gasteiger partial charge in [0.1, 0.15) is 6.54 Å². The van der Waals surface area contributed by atoms with E-state index >= 15 is 0 Å². The van der Waals surface area contributed by atoms with E-state index in [2.05, 4.69) is 42.3 Å². The van der Waals surface area contributed by atoms with Crippen LogP contribution in [0.4, 0.5) is 5.69 Å². The molecule has 1 aromatic carbocycles. The summed E-state index contributed by atoms with van der Waals surface area (Å²) in [6.07, 6.45) is 0. The molecule has 0 fully saturated rings. The Labute approximate surface area is 157 Å². The highest BCUT2D eigenvalue weighted by Crippen LogP contribution is 2.32. The lowest BCUT2D eigenvalue weighted by Gasteiger charge is -2.18.